The fourth-order valence-electron chi connectivity index (χ4n) is 2.64. The lowest BCUT2D eigenvalue weighted by molar-refractivity contribution is -0.673. The van der Waals surface area contributed by atoms with Gasteiger partial charge < -0.3 is 4.90 Å². The van der Waals surface area contributed by atoms with Gasteiger partial charge in [0.2, 0.25) is 0 Å². The molecule has 0 aliphatic carbocycles. The molecule has 1 aliphatic heterocycles. The zero-order valence-corrected chi connectivity index (χ0v) is 12.2. The maximum atomic E-state index is 6.18. The summed E-state index contributed by atoms with van der Waals surface area (Å²) in [5, 5.41) is 0.760. The standard InChI is InChI=1S/C16H18ClN3/c17-14-5-3-13(4-6-14)12-20-10-7-15(11-16(20)18)19-8-1-2-9-19/h3-7,10-11,18H,1-2,8-9,12H2/p+1. The maximum Gasteiger partial charge on any atom is 0.274 e. The molecule has 4 heteroatoms. The van der Waals surface area contributed by atoms with E-state index in [1.807, 2.05) is 24.3 Å². The summed E-state index contributed by atoms with van der Waals surface area (Å²) < 4.78 is 2.06. The molecule has 20 heavy (non-hydrogen) atoms. The quantitative estimate of drug-likeness (QED) is 0.881. The van der Waals surface area contributed by atoms with Gasteiger partial charge >= 0.3 is 0 Å². The molecule has 1 saturated heterocycles. The van der Waals surface area contributed by atoms with Crippen LogP contribution in [-0.4, -0.2) is 13.1 Å². The van der Waals surface area contributed by atoms with Gasteiger partial charge in [-0.2, -0.15) is 0 Å². The lowest BCUT2D eigenvalue weighted by Crippen LogP contribution is -2.37. The predicted molar refractivity (Wildman–Crippen MR) is 83.1 cm³/mol. The van der Waals surface area contributed by atoms with Crippen molar-refractivity contribution in [2.75, 3.05) is 23.7 Å². The van der Waals surface area contributed by atoms with E-state index in [0.717, 1.165) is 30.5 Å². The minimum atomic E-state index is 0.760. The number of anilines is 2. The summed E-state index contributed by atoms with van der Waals surface area (Å²) in [6.07, 6.45) is 4.62. The van der Waals surface area contributed by atoms with Gasteiger partial charge in [0.1, 0.15) is 6.54 Å². The molecule has 0 atom stereocenters. The van der Waals surface area contributed by atoms with Crippen LogP contribution in [0.15, 0.2) is 42.6 Å². The summed E-state index contributed by atoms with van der Waals surface area (Å²) in [6, 6.07) is 12.1. The van der Waals surface area contributed by atoms with Crippen molar-refractivity contribution in [1.82, 2.24) is 0 Å². The highest BCUT2D eigenvalue weighted by atomic mass is 35.5. The summed E-state index contributed by atoms with van der Waals surface area (Å²) in [6.45, 7) is 3.05. The Morgan fingerprint density at radius 3 is 2.45 bits per heavy atom. The van der Waals surface area contributed by atoms with E-state index in [-0.39, 0.29) is 0 Å². The van der Waals surface area contributed by atoms with Crippen LogP contribution >= 0.6 is 11.6 Å². The van der Waals surface area contributed by atoms with Gasteiger partial charge in [0, 0.05) is 29.9 Å². The second-order valence-electron chi connectivity index (χ2n) is 5.26. The summed E-state index contributed by atoms with van der Waals surface area (Å²) in [5.74, 6) is 0.796. The van der Waals surface area contributed by atoms with E-state index in [1.165, 1.54) is 24.1 Å². The van der Waals surface area contributed by atoms with E-state index in [4.69, 9.17) is 17.3 Å². The van der Waals surface area contributed by atoms with E-state index in [1.54, 1.807) is 0 Å². The van der Waals surface area contributed by atoms with Crippen LogP contribution in [0.5, 0.6) is 0 Å². The number of benzene rings is 1. The highest BCUT2D eigenvalue weighted by Gasteiger charge is 2.15. The molecule has 0 saturated carbocycles. The molecule has 1 aromatic carbocycles. The molecule has 1 fully saturated rings. The lowest BCUT2D eigenvalue weighted by Gasteiger charge is -2.17. The average molecular weight is 289 g/mol. The van der Waals surface area contributed by atoms with E-state index >= 15 is 0 Å². The Bertz CT molecular complexity index is 589. The van der Waals surface area contributed by atoms with Crippen molar-refractivity contribution >= 4 is 23.1 Å². The van der Waals surface area contributed by atoms with E-state index < -0.39 is 0 Å². The van der Waals surface area contributed by atoms with Crippen LogP contribution in [0, 0.1) is 0 Å². The van der Waals surface area contributed by atoms with Crippen molar-refractivity contribution in [2.45, 2.75) is 19.4 Å². The van der Waals surface area contributed by atoms with Gasteiger partial charge in [-0.15, -0.1) is 0 Å². The first-order chi connectivity index (χ1) is 9.72. The molecule has 0 bridgehead atoms. The molecule has 0 unspecified atom stereocenters. The monoisotopic (exact) mass is 288 g/mol. The van der Waals surface area contributed by atoms with Gasteiger partial charge in [-0.3, -0.25) is 5.73 Å². The second-order valence-corrected chi connectivity index (χ2v) is 5.69. The third-order valence-electron chi connectivity index (χ3n) is 3.79. The summed E-state index contributed by atoms with van der Waals surface area (Å²) in [4.78, 5) is 2.39. The van der Waals surface area contributed by atoms with Crippen LogP contribution in [0.2, 0.25) is 5.02 Å². The second kappa shape index (κ2) is 5.71. The molecule has 3 rings (SSSR count). The summed E-state index contributed by atoms with van der Waals surface area (Å²) >= 11 is 5.90. The Labute approximate surface area is 124 Å². The zero-order chi connectivity index (χ0) is 13.9. The van der Waals surface area contributed by atoms with Crippen molar-refractivity contribution in [3.63, 3.8) is 0 Å². The largest absolute Gasteiger partial charge is 0.371 e. The Kier molecular flexibility index (Phi) is 3.79. The fourth-order valence-corrected chi connectivity index (χ4v) is 2.76. The third-order valence-corrected chi connectivity index (χ3v) is 4.04. The topological polar surface area (TPSA) is 33.1 Å². The fraction of sp³-hybridized carbons (Fsp3) is 0.312. The average Bonchev–Trinajstić information content (AvgIpc) is 2.97. The highest BCUT2D eigenvalue weighted by Crippen LogP contribution is 2.20. The molecule has 1 aliphatic rings. The Morgan fingerprint density at radius 1 is 1.10 bits per heavy atom. The Hall–Kier alpha value is -1.74. The molecule has 3 nitrogen and oxygen atoms in total. The minimum absolute atomic E-state index is 0.760. The van der Waals surface area contributed by atoms with E-state index in [2.05, 4.69) is 27.8 Å². The van der Waals surface area contributed by atoms with Crippen LogP contribution in [0.25, 0.3) is 0 Å². The summed E-state index contributed by atoms with van der Waals surface area (Å²) in [7, 11) is 0. The molecular formula is C16H19ClN3+. The maximum absolute atomic E-state index is 6.18. The molecule has 2 N–H and O–H groups in total. The molecule has 104 valence electrons. The van der Waals surface area contributed by atoms with Crippen LogP contribution in [-0.2, 0) is 6.54 Å². The van der Waals surface area contributed by atoms with Gasteiger partial charge in [0.05, 0.1) is 12.3 Å². The number of hydrogen-bond donors (Lipinski definition) is 1. The minimum Gasteiger partial charge on any atom is -0.371 e. The first kappa shape index (κ1) is 13.3. The molecule has 2 aromatic rings. The van der Waals surface area contributed by atoms with E-state index in [0.29, 0.717) is 0 Å². The normalized spacial score (nSPS) is 14.8. The first-order valence-corrected chi connectivity index (χ1v) is 7.38. The Balaban J connectivity index is 1.78. The lowest BCUT2D eigenvalue weighted by atomic mass is 10.2. The number of rotatable bonds is 3. The Morgan fingerprint density at radius 2 is 1.80 bits per heavy atom. The van der Waals surface area contributed by atoms with Crippen LogP contribution in [0.3, 0.4) is 0 Å². The highest BCUT2D eigenvalue weighted by molar-refractivity contribution is 6.30. The molecule has 0 radical (unpaired) electrons. The number of hydrogen-bond acceptors (Lipinski definition) is 2. The third kappa shape index (κ3) is 2.88. The summed E-state index contributed by atoms with van der Waals surface area (Å²) in [5.41, 5.74) is 8.60. The number of halogens is 1. The zero-order valence-electron chi connectivity index (χ0n) is 11.4. The van der Waals surface area contributed by atoms with Crippen molar-refractivity contribution in [3.8, 4) is 0 Å². The molecule has 0 spiro atoms. The van der Waals surface area contributed by atoms with Crippen LogP contribution < -0.4 is 15.2 Å². The van der Waals surface area contributed by atoms with Crippen molar-refractivity contribution < 1.29 is 4.57 Å². The number of aromatic nitrogens is 1. The van der Waals surface area contributed by atoms with Crippen LogP contribution in [0.1, 0.15) is 18.4 Å². The van der Waals surface area contributed by atoms with Gasteiger partial charge in [-0.25, -0.2) is 4.57 Å². The molecule has 0 amide bonds. The molecule has 2 heterocycles. The van der Waals surface area contributed by atoms with Crippen molar-refractivity contribution in [3.05, 3.63) is 53.2 Å². The van der Waals surface area contributed by atoms with Crippen molar-refractivity contribution in [1.29, 1.82) is 0 Å². The predicted octanol–water partition coefficient (Wildman–Crippen LogP) is 2.86. The van der Waals surface area contributed by atoms with Gasteiger partial charge in [0.25, 0.3) is 5.82 Å². The van der Waals surface area contributed by atoms with Gasteiger partial charge in [-0.1, -0.05) is 23.7 Å². The molecule has 1 aromatic heterocycles. The van der Waals surface area contributed by atoms with Crippen molar-refractivity contribution in [2.24, 2.45) is 0 Å². The SMILES string of the molecule is Nc1cc(N2CCCC2)cc[n+]1Cc1ccc(Cl)cc1. The number of nitrogen functional groups attached to an aromatic ring is 1. The number of nitrogens with two attached hydrogens (primary N) is 1. The van der Waals surface area contributed by atoms with E-state index in [9.17, 15) is 0 Å². The van der Waals surface area contributed by atoms with Gasteiger partial charge in [0.15, 0.2) is 0 Å². The van der Waals surface area contributed by atoms with Crippen LogP contribution in [0.4, 0.5) is 11.5 Å². The first-order valence-electron chi connectivity index (χ1n) is 7.01. The number of nitrogens with zero attached hydrogens (tertiary/aromatic N) is 2. The number of pyridine rings is 1. The van der Waals surface area contributed by atoms with Gasteiger partial charge in [-0.05, 0) is 30.5 Å². The molecular weight excluding hydrogens is 270 g/mol. The smallest absolute Gasteiger partial charge is 0.274 e.